The van der Waals surface area contributed by atoms with Gasteiger partial charge in [0.15, 0.2) is 0 Å². The second-order valence-corrected chi connectivity index (χ2v) is 4.79. The number of piperazine rings is 1. The van der Waals surface area contributed by atoms with Gasteiger partial charge in [-0.25, -0.2) is 4.39 Å². The quantitative estimate of drug-likeness (QED) is 0.745. The summed E-state index contributed by atoms with van der Waals surface area (Å²) >= 11 is 0. The topological polar surface area (TPSA) is 95.7 Å². The Morgan fingerprint density at radius 3 is 2.76 bits per heavy atom. The summed E-state index contributed by atoms with van der Waals surface area (Å²) in [7, 11) is 1.51. The van der Waals surface area contributed by atoms with Crippen LogP contribution in [0.1, 0.15) is 0 Å². The minimum atomic E-state index is -0.627. The molecule has 1 aliphatic rings. The zero-order valence-electron chi connectivity index (χ0n) is 11.4. The summed E-state index contributed by atoms with van der Waals surface area (Å²) in [4.78, 5) is 37.5. The Labute approximate surface area is 120 Å². The maximum Gasteiger partial charge on any atom is 0.244 e. The van der Waals surface area contributed by atoms with E-state index in [1.165, 1.54) is 24.1 Å². The average Bonchev–Trinajstić information content (AvgIpc) is 2.40. The van der Waals surface area contributed by atoms with Crippen molar-refractivity contribution in [2.45, 2.75) is 0 Å². The van der Waals surface area contributed by atoms with Gasteiger partial charge < -0.3 is 20.9 Å². The number of likely N-dealkylation sites (N-methyl/N-ethyl adjacent to an activating group) is 1. The van der Waals surface area contributed by atoms with Gasteiger partial charge in [0.2, 0.25) is 17.7 Å². The Morgan fingerprint density at radius 1 is 1.33 bits per heavy atom. The Balaban J connectivity index is 2.00. The molecule has 1 saturated heterocycles. The number of nitrogens with two attached hydrogens (primary N) is 1. The molecule has 2 rings (SSSR count). The van der Waals surface area contributed by atoms with E-state index < -0.39 is 11.7 Å². The van der Waals surface area contributed by atoms with Crippen LogP contribution < -0.4 is 11.1 Å². The van der Waals surface area contributed by atoms with Gasteiger partial charge >= 0.3 is 0 Å². The monoisotopic (exact) mass is 294 g/mol. The van der Waals surface area contributed by atoms with Gasteiger partial charge in [-0.15, -0.1) is 0 Å². The summed E-state index contributed by atoms with van der Waals surface area (Å²) in [6.07, 6.45) is 0. The summed E-state index contributed by atoms with van der Waals surface area (Å²) < 4.78 is 13.5. The van der Waals surface area contributed by atoms with E-state index in [2.05, 4.69) is 5.32 Å². The molecule has 0 atom stereocenters. The highest BCUT2D eigenvalue weighted by molar-refractivity contribution is 5.98. The number of halogens is 1. The Bertz CT molecular complexity index is 605. The van der Waals surface area contributed by atoms with Crippen LogP contribution in [-0.4, -0.2) is 54.2 Å². The standard InChI is InChI=1S/C13H15FN4O3/c1-17-6-13(21)18(7-12(17)20)5-11(19)16-10-4-8(15)2-3-9(10)14/h2-4H,5-7,15H2,1H3,(H,16,19). The molecule has 0 saturated carbocycles. The average molecular weight is 294 g/mol. The van der Waals surface area contributed by atoms with E-state index in [4.69, 9.17) is 5.73 Å². The second kappa shape index (κ2) is 5.78. The number of rotatable bonds is 3. The van der Waals surface area contributed by atoms with E-state index in [1.54, 1.807) is 0 Å². The highest BCUT2D eigenvalue weighted by Gasteiger charge is 2.28. The Morgan fingerprint density at radius 2 is 2.05 bits per heavy atom. The number of nitrogen functional groups attached to an aromatic ring is 1. The Hall–Kier alpha value is -2.64. The van der Waals surface area contributed by atoms with Gasteiger partial charge in [0, 0.05) is 12.7 Å². The third kappa shape index (κ3) is 3.47. The molecule has 1 aromatic carbocycles. The fraction of sp³-hybridized carbons (Fsp3) is 0.308. The molecule has 21 heavy (non-hydrogen) atoms. The van der Waals surface area contributed by atoms with Crippen molar-refractivity contribution in [2.75, 3.05) is 37.7 Å². The molecule has 8 heteroatoms. The maximum atomic E-state index is 13.5. The number of benzene rings is 1. The zero-order chi connectivity index (χ0) is 15.6. The second-order valence-electron chi connectivity index (χ2n) is 4.79. The summed E-state index contributed by atoms with van der Waals surface area (Å²) in [6.45, 7) is -0.548. The summed E-state index contributed by atoms with van der Waals surface area (Å²) in [6, 6.07) is 3.79. The fourth-order valence-electron chi connectivity index (χ4n) is 1.91. The van der Waals surface area contributed by atoms with Crippen molar-refractivity contribution in [2.24, 2.45) is 0 Å². The van der Waals surface area contributed by atoms with Crippen LogP contribution in [0, 0.1) is 5.82 Å². The SMILES string of the molecule is CN1CC(=O)N(CC(=O)Nc2cc(N)ccc2F)CC1=O. The minimum Gasteiger partial charge on any atom is -0.399 e. The molecule has 0 spiro atoms. The highest BCUT2D eigenvalue weighted by atomic mass is 19.1. The number of carbonyl (C=O) groups excluding carboxylic acids is 3. The molecule has 7 nitrogen and oxygen atoms in total. The van der Waals surface area contributed by atoms with Crippen LogP contribution >= 0.6 is 0 Å². The molecule has 0 radical (unpaired) electrons. The molecule has 0 aromatic heterocycles. The predicted octanol–water partition coefficient (Wildman–Crippen LogP) is -0.353. The molecule has 0 aliphatic carbocycles. The van der Waals surface area contributed by atoms with Gasteiger partial charge in [-0.05, 0) is 18.2 Å². The summed E-state index contributed by atoms with van der Waals surface area (Å²) in [5.41, 5.74) is 5.75. The van der Waals surface area contributed by atoms with E-state index in [9.17, 15) is 18.8 Å². The van der Waals surface area contributed by atoms with Crippen LogP contribution in [0.4, 0.5) is 15.8 Å². The van der Waals surface area contributed by atoms with Crippen LogP contribution in [0.2, 0.25) is 0 Å². The molecular formula is C13H15FN4O3. The van der Waals surface area contributed by atoms with Crippen LogP contribution in [0.25, 0.3) is 0 Å². The van der Waals surface area contributed by atoms with Crippen molar-refractivity contribution >= 4 is 29.1 Å². The molecule has 3 N–H and O–H groups in total. The number of anilines is 2. The lowest BCUT2D eigenvalue weighted by Gasteiger charge is -2.31. The van der Waals surface area contributed by atoms with E-state index >= 15 is 0 Å². The number of hydrogen-bond donors (Lipinski definition) is 2. The molecule has 1 heterocycles. The number of nitrogens with one attached hydrogen (secondary N) is 1. The first-order chi connectivity index (χ1) is 9.86. The van der Waals surface area contributed by atoms with Gasteiger partial charge in [-0.3, -0.25) is 14.4 Å². The van der Waals surface area contributed by atoms with E-state index in [1.807, 2.05) is 0 Å². The largest absolute Gasteiger partial charge is 0.399 e. The lowest BCUT2D eigenvalue weighted by atomic mass is 10.2. The number of nitrogens with zero attached hydrogens (tertiary/aromatic N) is 2. The molecular weight excluding hydrogens is 279 g/mol. The van der Waals surface area contributed by atoms with Gasteiger partial charge in [0.05, 0.1) is 12.2 Å². The molecule has 1 aromatic rings. The molecule has 3 amide bonds. The van der Waals surface area contributed by atoms with E-state index in [-0.39, 0.29) is 37.1 Å². The first kappa shape index (κ1) is 14.8. The number of hydrogen-bond acceptors (Lipinski definition) is 4. The van der Waals surface area contributed by atoms with Crippen LogP contribution in [0.3, 0.4) is 0 Å². The number of amides is 3. The minimum absolute atomic E-state index is 0.0621. The normalized spacial score (nSPS) is 15.3. The van der Waals surface area contributed by atoms with Crippen molar-refractivity contribution in [3.63, 3.8) is 0 Å². The summed E-state index contributed by atoms with van der Waals surface area (Å²) in [5.74, 6) is -1.80. The van der Waals surface area contributed by atoms with Gasteiger partial charge in [-0.2, -0.15) is 0 Å². The lowest BCUT2D eigenvalue weighted by Crippen LogP contribution is -2.54. The number of carbonyl (C=O) groups is 3. The third-order valence-electron chi connectivity index (χ3n) is 3.08. The van der Waals surface area contributed by atoms with Crippen molar-refractivity contribution < 1.29 is 18.8 Å². The zero-order valence-corrected chi connectivity index (χ0v) is 11.4. The van der Waals surface area contributed by atoms with E-state index in [0.717, 1.165) is 11.0 Å². The van der Waals surface area contributed by atoms with Gasteiger partial charge in [-0.1, -0.05) is 0 Å². The first-order valence-corrected chi connectivity index (χ1v) is 6.23. The molecule has 1 fully saturated rings. The van der Waals surface area contributed by atoms with Crippen molar-refractivity contribution in [3.8, 4) is 0 Å². The van der Waals surface area contributed by atoms with Crippen LogP contribution in [0.5, 0.6) is 0 Å². The molecule has 112 valence electrons. The predicted molar refractivity (Wildman–Crippen MR) is 73.7 cm³/mol. The third-order valence-corrected chi connectivity index (χ3v) is 3.08. The van der Waals surface area contributed by atoms with Crippen molar-refractivity contribution in [1.29, 1.82) is 0 Å². The molecule has 0 unspecified atom stereocenters. The van der Waals surface area contributed by atoms with Crippen LogP contribution in [-0.2, 0) is 14.4 Å². The van der Waals surface area contributed by atoms with Crippen molar-refractivity contribution in [1.82, 2.24) is 9.80 Å². The molecule has 1 aliphatic heterocycles. The molecule has 0 bridgehead atoms. The maximum absolute atomic E-state index is 13.5. The lowest BCUT2D eigenvalue weighted by molar-refractivity contribution is -0.149. The van der Waals surface area contributed by atoms with E-state index in [0.29, 0.717) is 5.69 Å². The first-order valence-electron chi connectivity index (χ1n) is 6.23. The van der Waals surface area contributed by atoms with Gasteiger partial charge in [0.25, 0.3) is 0 Å². The highest BCUT2D eigenvalue weighted by Crippen LogP contribution is 2.17. The van der Waals surface area contributed by atoms with Gasteiger partial charge in [0.1, 0.15) is 18.9 Å². The Kier molecular flexibility index (Phi) is 4.06. The van der Waals surface area contributed by atoms with Crippen LogP contribution in [0.15, 0.2) is 18.2 Å². The smallest absolute Gasteiger partial charge is 0.244 e. The van der Waals surface area contributed by atoms with Crippen molar-refractivity contribution in [3.05, 3.63) is 24.0 Å². The summed E-state index contributed by atoms with van der Waals surface area (Å²) in [5, 5.41) is 2.33. The fourth-order valence-corrected chi connectivity index (χ4v) is 1.91.